The fourth-order valence-electron chi connectivity index (χ4n) is 2.32. The van der Waals surface area contributed by atoms with Crippen molar-refractivity contribution in [2.45, 2.75) is 19.5 Å². The van der Waals surface area contributed by atoms with Crippen molar-refractivity contribution in [3.8, 4) is 0 Å². The van der Waals surface area contributed by atoms with Crippen LogP contribution in [-0.2, 0) is 6.54 Å². The van der Waals surface area contributed by atoms with Gasteiger partial charge in [0.15, 0.2) is 0 Å². The van der Waals surface area contributed by atoms with Gasteiger partial charge in [0, 0.05) is 29.0 Å². The molecule has 2 N–H and O–H groups in total. The van der Waals surface area contributed by atoms with Gasteiger partial charge in [-0.3, -0.25) is 4.90 Å². The molecule has 0 bridgehead atoms. The zero-order chi connectivity index (χ0) is 13.8. The third kappa shape index (κ3) is 3.57. The van der Waals surface area contributed by atoms with E-state index in [0.29, 0.717) is 6.54 Å². The molecule has 19 heavy (non-hydrogen) atoms. The van der Waals surface area contributed by atoms with Crippen LogP contribution in [0.1, 0.15) is 22.0 Å². The molecule has 1 heterocycles. The van der Waals surface area contributed by atoms with Crippen LogP contribution in [-0.4, -0.2) is 18.5 Å². The minimum Gasteiger partial charge on any atom is -0.329 e. The van der Waals surface area contributed by atoms with Crippen LogP contribution < -0.4 is 5.73 Å². The highest BCUT2D eigenvalue weighted by Gasteiger charge is 2.17. The van der Waals surface area contributed by atoms with Crippen LogP contribution in [0.25, 0.3) is 0 Å². The first-order valence-corrected chi connectivity index (χ1v) is 7.56. The van der Waals surface area contributed by atoms with Gasteiger partial charge in [0.1, 0.15) is 0 Å². The van der Waals surface area contributed by atoms with E-state index in [2.05, 4.69) is 42.5 Å². The maximum absolute atomic E-state index is 6.02. The molecule has 0 aliphatic carbocycles. The molecule has 0 fully saturated rings. The molecule has 1 aromatic carbocycles. The van der Waals surface area contributed by atoms with Gasteiger partial charge in [0.25, 0.3) is 0 Å². The number of likely N-dealkylation sites (N-methyl/N-ethyl adjacent to an activating group) is 1. The topological polar surface area (TPSA) is 29.3 Å². The normalized spacial score (nSPS) is 12.9. The van der Waals surface area contributed by atoms with E-state index in [4.69, 9.17) is 17.3 Å². The second kappa shape index (κ2) is 6.53. The standard InChI is InChI=1S/C15H19ClN2S/c1-11-8-12(16)5-6-14(11)15(9-17)18(2)10-13-4-3-7-19-13/h3-8,15H,9-10,17H2,1-2H3. The number of rotatable bonds is 5. The first-order chi connectivity index (χ1) is 9.11. The van der Waals surface area contributed by atoms with Crippen molar-refractivity contribution in [2.75, 3.05) is 13.6 Å². The SMILES string of the molecule is Cc1cc(Cl)ccc1C(CN)N(C)Cc1cccs1. The zero-order valence-corrected chi connectivity index (χ0v) is 12.8. The van der Waals surface area contributed by atoms with E-state index in [9.17, 15) is 0 Å². The van der Waals surface area contributed by atoms with E-state index in [1.165, 1.54) is 16.0 Å². The van der Waals surface area contributed by atoms with Gasteiger partial charge in [0.2, 0.25) is 0 Å². The largest absolute Gasteiger partial charge is 0.329 e. The summed E-state index contributed by atoms with van der Waals surface area (Å²) < 4.78 is 0. The molecule has 0 aliphatic rings. The third-order valence-corrected chi connectivity index (χ3v) is 4.43. The van der Waals surface area contributed by atoms with Crippen molar-refractivity contribution >= 4 is 22.9 Å². The second-order valence-corrected chi connectivity index (χ2v) is 6.22. The minimum absolute atomic E-state index is 0.222. The highest BCUT2D eigenvalue weighted by Crippen LogP contribution is 2.26. The molecule has 0 saturated carbocycles. The van der Waals surface area contributed by atoms with Gasteiger partial charge in [-0.1, -0.05) is 23.7 Å². The van der Waals surface area contributed by atoms with Crippen molar-refractivity contribution in [1.82, 2.24) is 4.90 Å². The predicted molar refractivity (Wildman–Crippen MR) is 83.8 cm³/mol. The Balaban J connectivity index is 2.18. The molecule has 0 aliphatic heterocycles. The average molecular weight is 295 g/mol. The van der Waals surface area contributed by atoms with Crippen LogP contribution in [0.3, 0.4) is 0 Å². The number of halogens is 1. The lowest BCUT2D eigenvalue weighted by Crippen LogP contribution is -2.30. The van der Waals surface area contributed by atoms with Gasteiger partial charge < -0.3 is 5.73 Å². The van der Waals surface area contributed by atoms with E-state index in [-0.39, 0.29) is 6.04 Å². The number of nitrogens with zero attached hydrogens (tertiary/aromatic N) is 1. The van der Waals surface area contributed by atoms with Crippen molar-refractivity contribution in [2.24, 2.45) is 5.73 Å². The lowest BCUT2D eigenvalue weighted by Gasteiger charge is -2.28. The highest BCUT2D eigenvalue weighted by atomic mass is 35.5. The first-order valence-electron chi connectivity index (χ1n) is 6.30. The van der Waals surface area contributed by atoms with Gasteiger partial charge >= 0.3 is 0 Å². The molecule has 2 nitrogen and oxygen atoms in total. The van der Waals surface area contributed by atoms with Crippen LogP contribution in [0.2, 0.25) is 5.02 Å². The summed E-state index contributed by atoms with van der Waals surface area (Å²) in [6.07, 6.45) is 0. The van der Waals surface area contributed by atoms with E-state index < -0.39 is 0 Å². The lowest BCUT2D eigenvalue weighted by atomic mass is 10.0. The summed E-state index contributed by atoms with van der Waals surface area (Å²) in [4.78, 5) is 3.65. The maximum atomic E-state index is 6.02. The molecule has 1 unspecified atom stereocenters. The Bertz CT molecular complexity index is 525. The molecule has 4 heteroatoms. The molecule has 102 valence electrons. The summed E-state index contributed by atoms with van der Waals surface area (Å²) in [7, 11) is 2.12. The monoisotopic (exact) mass is 294 g/mol. The Kier molecular flexibility index (Phi) is 4.99. The van der Waals surface area contributed by atoms with Gasteiger partial charge in [-0.15, -0.1) is 11.3 Å². The Morgan fingerprint density at radius 3 is 2.74 bits per heavy atom. The Morgan fingerprint density at radius 1 is 1.37 bits per heavy atom. The summed E-state index contributed by atoms with van der Waals surface area (Å²) in [5, 5.41) is 2.88. The van der Waals surface area contributed by atoms with Crippen LogP contribution in [0.15, 0.2) is 35.7 Å². The Hall–Kier alpha value is -0.870. The van der Waals surface area contributed by atoms with Crippen molar-refractivity contribution < 1.29 is 0 Å². The summed E-state index contributed by atoms with van der Waals surface area (Å²) in [6, 6.07) is 10.5. The third-order valence-electron chi connectivity index (χ3n) is 3.33. The molecule has 0 saturated heterocycles. The predicted octanol–water partition coefficient (Wildman–Crippen LogP) is 3.84. The van der Waals surface area contributed by atoms with Gasteiger partial charge in [-0.25, -0.2) is 0 Å². The van der Waals surface area contributed by atoms with Crippen molar-refractivity contribution in [1.29, 1.82) is 0 Å². The van der Waals surface area contributed by atoms with Crippen molar-refractivity contribution in [3.05, 3.63) is 56.7 Å². The lowest BCUT2D eigenvalue weighted by molar-refractivity contribution is 0.243. The molecular formula is C15H19ClN2S. The van der Waals surface area contributed by atoms with E-state index >= 15 is 0 Å². The summed E-state index contributed by atoms with van der Waals surface area (Å²) in [6.45, 7) is 3.61. The van der Waals surface area contributed by atoms with E-state index in [1.54, 1.807) is 11.3 Å². The van der Waals surface area contributed by atoms with Crippen LogP contribution in [0, 0.1) is 6.92 Å². The van der Waals surface area contributed by atoms with Gasteiger partial charge in [-0.2, -0.15) is 0 Å². The Morgan fingerprint density at radius 2 is 2.16 bits per heavy atom. The maximum Gasteiger partial charge on any atom is 0.0473 e. The fourth-order valence-corrected chi connectivity index (χ4v) is 3.31. The first kappa shape index (κ1) is 14.5. The minimum atomic E-state index is 0.222. The van der Waals surface area contributed by atoms with Crippen molar-refractivity contribution in [3.63, 3.8) is 0 Å². The fraction of sp³-hybridized carbons (Fsp3) is 0.333. The Labute approximate surface area is 123 Å². The molecule has 1 aromatic heterocycles. The molecular weight excluding hydrogens is 276 g/mol. The molecule has 0 amide bonds. The smallest absolute Gasteiger partial charge is 0.0473 e. The number of nitrogens with two attached hydrogens (primary N) is 1. The van der Waals surface area contributed by atoms with Crippen LogP contribution in [0.5, 0.6) is 0 Å². The molecule has 1 atom stereocenters. The van der Waals surface area contributed by atoms with Crippen LogP contribution in [0.4, 0.5) is 0 Å². The quantitative estimate of drug-likeness (QED) is 0.908. The van der Waals surface area contributed by atoms with E-state index in [0.717, 1.165) is 11.6 Å². The highest BCUT2D eigenvalue weighted by molar-refractivity contribution is 7.09. The number of benzene rings is 1. The number of hydrogen-bond donors (Lipinski definition) is 1. The molecule has 2 aromatic rings. The summed E-state index contributed by atoms with van der Waals surface area (Å²) in [5.74, 6) is 0. The molecule has 0 radical (unpaired) electrons. The van der Waals surface area contributed by atoms with Crippen LogP contribution >= 0.6 is 22.9 Å². The van der Waals surface area contributed by atoms with Gasteiger partial charge in [-0.05, 0) is 48.7 Å². The number of aryl methyl sites for hydroxylation is 1. The number of hydrogen-bond acceptors (Lipinski definition) is 3. The van der Waals surface area contributed by atoms with E-state index in [1.807, 2.05) is 12.1 Å². The average Bonchev–Trinajstić information content (AvgIpc) is 2.85. The zero-order valence-electron chi connectivity index (χ0n) is 11.3. The molecule has 0 spiro atoms. The van der Waals surface area contributed by atoms with Gasteiger partial charge in [0.05, 0.1) is 0 Å². The second-order valence-electron chi connectivity index (χ2n) is 4.75. The summed E-state index contributed by atoms with van der Waals surface area (Å²) >= 11 is 7.79. The summed E-state index contributed by atoms with van der Waals surface area (Å²) in [5.41, 5.74) is 8.42. The molecule has 2 rings (SSSR count). The number of thiophene rings is 1.